The third-order valence-electron chi connectivity index (χ3n) is 2.67. The Hall–Kier alpha value is -1.53. The molecule has 0 saturated carbocycles. The van der Waals surface area contributed by atoms with Crippen LogP contribution < -0.4 is 5.32 Å². The summed E-state index contributed by atoms with van der Waals surface area (Å²) in [4.78, 5) is 2.28. The van der Waals surface area contributed by atoms with Gasteiger partial charge in [-0.05, 0) is 39.1 Å². The Morgan fingerprint density at radius 2 is 2.19 bits per heavy atom. The first-order valence-corrected chi connectivity index (χ1v) is 5.57. The van der Waals surface area contributed by atoms with Crippen LogP contribution in [0, 0.1) is 11.3 Å². The van der Waals surface area contributed by atoms with E-state index in [0.29, 0.717) is 11.6 Å². The predicted octanol–water partition coefficient (Wildman–Crippen LogP) is 2.31. The summed E-state index contributed by atoms with van der Waals surface area (Å²) in [5.41, 5.74) is 1.71. The van der Waals surface area contributed by atoms with Crippen LogP contribution in [-0.4, -0.2) is 31.1 Å². The highest BCUT2D eigenvalue weighted by Gasteiger charge is 2.01. The molecule has 0 spiro atoms. The highest BCUT2D eigenvalue weighted by atomic mass is 15.1. The summed E-state index contributed by atoms with van der Waals surface area (Å²) in [5.74, 6) is 0. The molecule has 0 atom stereocenters. The van der Waals surface area contributed by atoms with Gasteiger partial charge in [-0.1, -0.05) is 6.07 Å². The number of rotatable bonds is 5. The van der Waals surface area contributed by atoms with Crippen molar-refractivity contribution in [1.29, 1.82) is 5.26 Å². The molecule has 86 valence electrons. The topological polar surface area (TPSA) is 39.1 Å². The van der Waals surface area contributed by atoms with Gasteiger partial charge in [-0.15, -0.1) is 0 Å². The number of likely N-dealkylation sites (N-methyl/N-ethyl adjacent to an activating group) is 1. The molecular formula is C13H19N3. The van der Waals surface area contributed by atoms with Crippen LogP contribution in [0.2, 0.25) is 0 Å². The van der Waals surface area contributed by atoms with E-state index in [1.54, 1.807) is 0 Å². The highest BCUT2D eigenvalue weighted by Crippen LogP contribution is 2.09. The molecular weight excluding hydrogens is 198 g/mol. The molecule has 0 aliphatic carbocycles. The maximum atomic E-state index is 8.76. The summed E-state index contributed by atoms with van der Waals surface area (Å²) in [7, 11) is 2.11. The Balaban J connectivity index is 2.40. The summed E-state index contributed by atoms with van der Waals surface area (Å²) in [5, 5.41) is 12.1. The lowest BCUT2D eigenvalue weighted by Crippen LogP contribution is -2.31. The second-order valence-corrected chi connectivity index (χ2v) is 4.19. The van der Waals surface area contributed by atoms with Gasteiger partial charge in [-0.3, -0.25) is 0 Å². The number of nitrogens with zero attached hydrogens (tertiary/aromatic N) is 2. The van der Waals surface area contributed by atoms with Gasteiger partial charge in [0.2, 0.25) is 0 Å². The van der Waals surface area contributed by atoms with Crippen molar-refractivity contribution >= 4 is 5.69 Å². The van der Waals surface area contributed by atoms with Crippen LogP contribution in [0.15, 0.2) is 24.3 Å². The zero-order valence-corrected chi connectivity index (χ0v) is 10.2. The molecule has 0 saturated heterocycles. The molecule has 0 amide bonds. The summed E-state index contributed by atoms with van der Waals surface area (Å²) >= 11 is 0. The first-order valence-electron chi connectivity index (χ1n) is 5.57. The fourth-order valence-corrected chi connectivity index (χ4v) is 1.33. The van der Waals surface area contributed by atoms with Crippen molar-refractivity contribution in [2.45, 2.75) is 19.9 Å². The molecule has 0 bridgehead atoms. The summed E-state index contributed by atoms with van der Waals surface area (Å²) in [6, 6.07) is 10.3. The summed E-state index contributed by atoms with van der Waals surface area (Å²) in [6.45, 7) is 6.24. The molecule has 0 radical (unpaired) electrons. The van der Waals surface area contributed by atoms with Gasteiger partial charge < -0.3 is 10.2 Å². The first-order chi connectivity index (χ1) is 7.63. The SMILES string of the molecule is CC(C)N(C)CCNc1cccc(C#N)c1. The fraction of sp³-hybridized carbons (Fsp3) is 0.462. The van der Waals surface area contributed by atoms with Crippen LogP contribution in [0.5, 0.6) is 0 Å². The van der Waals surface area contributed by atoms with Gasteiger partial charge in [-0.25, -0.2) is 0 Å². The van der Waals surface area contributed by atoms with Gasteiger partial charge in [-0.2, -0.15) is 5.26 Å². The van der Waals surface area contributed by atoms with Crippen molar-refractivity contribution in [1.82, 2.24) is 4.90 Å². The molecule has 1 N–H and O–H groups in total. The Bertz CT molecular complexity index is 366. The maximum Gasteiger partial charge on any atom is 0.0992 e. The second-order valence-electron chi connectivity index (χ2n) is 4.19. The zero-order valence-electron chi connectivity index (χ0n) is 10.2. The third kappa shape index (κ3) is 3.92. The van der Waals surface area contributed by atoms with E-state index in [9.17, 15) is 0 Å². The van der Waals surface area contributed by atoms with Gasteiger partial charge in [0.05, 0.1) is 11.6 Å². The van der Waals surface area contributed by atoms with E-state index >= 15 is 0 Å². The second kappa shape index (κ2) is 6.14. The van der Waals surface area contributed by atoms with Crippen LogP contribution >= 0.6 is 0 Å². The number of nitrogens with one attached hydrogen (secondary N) is 1. The average molecular weight is 217 g/mol. The molecule has 0 aliphatic rings. The Morgan fingerprint density at radius 1 is 1.44 bits per heavy atom. The molecule has 3 nitrogen and oxygen atoms in total. The lowest BCUT2D eigenvalue weighted by atomic mass is 10.2. The lowest BCUT2D eigenvalue weighted by Gasteiger charge is -2.21. The van der Waals surface area contributed by atoms with Crippen molar-refractivity contribution in [3.05, 3.63) is 29.8 Å². The monoisotopic (exact) mass is 217 g/mol. The Morgan fingerprint density at radius 3 is 2.81 bits per heavy atom. The Labute approximate surface area is 97.7 Å². The largest absolute Gasteiger partial charge is 0.384 e. The number of nitriles is 1. The van der Waals surface area contributed by atoms with Gasteiger partial charge in [0, 0.05) is 24.8 Å². The molecule has 0 heterocycles. The molecule has 1 aromatic rings. The highest BCUT2D eigenvalue weighted by molar-refractivity contribution is 5.49. The minimum Gasteiger partial charge on any atom is -0.384 e. The fourth-order valence-electron chi connectivity index (χ4n) is 1.33. The first kappa shape index (κ1) is 12.5. The molecule has 0 aliphatic heterocycles. The maximum absolute atomic E-state index is 8.76. The number of hydrogen-bond acceptors (Lipinski definition) is 3. The van der Waals surface area contributed by atoms with Gasteiger partial charge in [0.15, 0.2) is 0 Å². The lowest BCUT2D eigenvalue weighted by molar-refractivity contribution is 0.284. The van der Waals surface area contributed by atoms with E-state index in [4.69, 9.17) is 5.26 Å². The molecule has 0 fully saturated rings. The Kier molecular flexibility index (Phi) is 4.81. The van der Waals surface area contributed by atoms with Crippen LogP contribution in [0.1, 0.15) is 19.4 Å². The number of hydrogen-bond donors (Lipinski definition) is 1. The molecule has 1 rings (SSSR count). The van der Waals surface area contributed by atoms with Crippen molar-refractivity contribution in [2.24, 2.45) is 0 Å². The predicted molar refractivity (Wildman–Crippen MR) is 67.4 cm³/mol. The quantitative estimate of drug-likeness (QED) is 0.822. The molecule has 3 heteroatoms. The van der Waals surface area contributed by atoms with E-state index in [2.05, 4.69) is 37.2 Å². The molecule has 16 heavy (non-hydrogen) atoms. The van der Waals surface area contributed by atoms with E-state index in [1.807, 2.05) is 24.3 Å². The standard InChI is InChI=1S/C13H19N3/c1-11(2)16(3)8-7-15-13-6-4-5-12(9-13)10-14/h4-6,9,11,15H,7-8H2,1-3H3. The number of anilines is 1. The normalized spacial score (nSPS) is 10.5. The van der Waals surface area contributed by atoms with E-state index in [0.717, 1.165) is 18.8 Å². The zero-order chi connectivity index (χ0) is 12.0. The van der Waals surface area contributed by atoms with Crippen LogP contribution in [0.25, 0.3) is 0 Å². The van der Waals surface area contributed by atoms with E-state index < -0.39 is 0 Å². The van der Waals surface area contributed by atoms with Crippen molar-refractivity contribution < 1.29 is 0 Å². The minimum atomic E-state index is 0.562. The van der Waals surface area contributed by atoms with Crippen LogP contribution in [-0.2, 0) is 0 Å². The minimum absolute atomic E-state index is 0.562. The van der Waals surface area contributed by atoms with Crippen molar-refractivity contribution in [2.75, 3.05) is 25.5 Å². The summed E-state index contributed by atoms with van der Waals surface area (Å²) < 4.78 is 0. The van der Waals surface area contributed by atoms with Gasteiger partial charge >= 0.3 is 0 Å². The molecule has 0 aromatic heterocycles. The third-order valence-corrected chi connectivity index (χ3v) is 2.67. The van der Waals surface area contributed by atoms with Crippen molar-refractivity contribution in [3.8, 4) is 6.07 Å². The van der Waals surface area contributed by atoms with Crippen molar-refractivity contribution in [3.63, 3.8) is 0 Å². The van der Waals surface area contributed by atoms with Gasteiger partial charge in [0.1, 0.15) is 0 Å². The van der Waals surface area contributed by atoms with E-state index in [-0.39, 0.29) is 0 Å². The van der Waals surface area contributed by atoms with Gasteiger partial charge in [0.25, 0.3) is 0 Å². The average Bonchev–Trinajstić information content (AvgIpc) is 2.29. The van der Waals surface area contributed by atoms with Crippen LogP contribution in [0.4, 0.5) is 5.69 Å². The summed E-state index contributed by atoms with van der Waals surface area (Å²) in [6.07, 6.45) is 0. The molecule has 1 aromatic carbocycles. The van der Waals surface area contributed by atoms with E-state index in [1.165, 1.54) is 0 Å². The van der Waals surface area contributed by atoms with Crippen LogP contribution in [0.3, 0.4) is 0 Å². The number of benzene rings is 1. The smallest absolute Gasteiger partial charge is 0.0992 e. The molecule has 0 unspecified atom stereocenters.